The van der Waals surface area contributed by atoms with E-state index >= 15 is 0 Å². The van der Waals surface area contributed by atoms with Crippen molar-refractivity contribution in [3.63, 3.8) is 0 Å². The summed E-state index contributed by atoms with van der Waals surface area (Å²) in [4.78, 5) is 36.0. The first-order valence-electron chi connectivity index (χ1n) is 8.68. The summed E-state index contributed by atoms with van der Waals surface area (Å²) in [5.41, 5.74) is 1.71. The molecular weight excluding hydrogens is 318 g/mol. The summed E-state index contributed by atoms with van der Waals surface area (Å²) in [7, 11) is 0. The third kappa shape index (κ3) is 2.86. The van der Waals surface area contributed by atoms with E-state index in [1.54, 1.807) is 18.2 Å². The third-order valence-corrected chi connectivity index (χ3v) is 4.91. The number of likely N-dealkylation sites (tertiary alicyclic amines) is 1. The fourth-order valence-corrected chi connectivity index (χ4v) is 3.66. The van der Waals surface area contributed by atoms with Crippen molar-refractivity contribution in [2.45, 2.75) is 32.2 Å². The molecule has 1 aliphatic rings. The zero-order chi connectivity index (χ0) is 17.4. The zero-order valence-electron chi connectivity index (χ0n) is 14.2. The minimum atomic E-state index is -0.259. The Bertz CT molecular complexity index is 967. The van der Waals surface area contributed by atoms with Crippen LogP contribution in [0.4, 0.5) is 0 Å². The summed E-state index contributed by atoms with van der Waals surface area (Å²) in [5.74, 6) is 1.07. The Labute approximate surface area is 144 Å². The van der Waals surface area contributed by atoms with Crippen LogP contribution in [-0.2, 0) is 6.42 Å². The van der Waals surface area contributed by atoms with Crippen molar-refractivity contribution in [1.29, 1.82) is 0 Å². The summed E-state index contributed by atoms with van der Waals surface area (Å²) in [5, 5.41) is 0. The Hall–Kier alpha value is -2.83. The van der Waals surface area contributed by atoms with Gasteiger partial charge in [-0.15, -0.1) is 0 Å². The van der Waals surface area contributed by atoms with Crippen LogP contribution in [0.25, 0.3) is 11.0 Å². The molecule has 0 bridgehead atoms. The molecule has 2 aromatic heterocycles. The molecule has 7 heteroatoms. The number of benzene rings is 1. The molecule has 4 rings (SSSR count). The van der Waals surface area contributed by atoms with Crippen molar-refractivity contribution in [1.82, 2.24) is 24.4 Å². The highest BCUT2D eigenvalue weighted by Crippen LogP contribution is 2.24. The van der Waals surface area contributed by atoms with Crippen LogP contribution < -0.4 is 5.69 Å². The number of aromatic nitrogens is 4. The highest BCUT2D eigenvalue weighted by molar-refractivity contribution is 5.97. The lowest BCUT2D eigenvalue weighted by Gasteiger charge is -2.34. The number of rotatable bonds is 3. The molecule has 0 saturated carbocycles. The summed E-state index contributed by atoms with van der Waals surface area (Å²) in [6, 6.07) is 5.55. The van der Waals surface area contributed by atoms with Gasteiger partial charge < -0.3 is 19.4 Å². The predicted molar refractivity (Wildman–Crippen MR) is 94.7 cm³/mol. The lowest BCUT2D eigenvalue weighted by Crippen LogP contribution is -2.40. The molecule has 0 aliphatic carbocycles. The number of nitrogens with one attached hydrogen (secondary N) is 2. The average Bonchev–Trinajstić information content (AvgIpc) is 3.25. The summed E-state index contributed by atoms with van der Waals surface area (Å²) in [6.45, 7) is 3.54. The molecule has 1 aliphatic heterocycles. The minimum absolute atomic E-state index is 0.00631. The fraction of sp³-hybridized carbons (Fsp3) is 0.389. The van der Waals surface area contributed by atoms with Crippen LogP contribution in [0, 0.1) is 0 Å². The second kappa shape index (κ2) is 6.23. The molecule has 1 atom stereocenters. The minimum Gasteiger partial charge on any atom is -0.337 e. The van der Waals surface area contributed by atoms with Gasteiger partial charge >= 0.3 is 5.69 Å². The molecule has 1 amide bonds. The Morgan fingerprint density at radius 3 is 3.00 bits per heavy atom. The second-order valence-corrected chi connectivity index (χ2v) is 6.49. The summed E-state index contributed by atoms with van der Waals surface area (Å²) in [6.07, 6.45) is 6.75. The zero-order valence-corrected chi connectivity index (χ0v) is 14.2. The molecule has 1 saturated heterocycles. The summed E-state index contributed by atoms with van der Waals surface area (Å²) >= 11 is 0. The number of hydrogen-bond acceptors (Lipinski definition) is 3. The van der Waals surface area contributed by atoms with E-state index in [4.69, 9.17) is 0 Å². The number of piperidine rings is 1. The normalized spacial score (nSPS) is 18.0. The molecule has 7 nitrogen and oxygen atoms in total. The van der Waals surface area contributed by atoms with Crippen molar-refractivity contribution in [2.75, 3.05) is 13.1 Å². The molecule has 0 radical (unpaired) electrons. The van der Waals surface area contributed by atoms with Gasteiger partial charge in [0.05, 0.1) is 17.1 Å². The van der Waals surface area contributed by atoms with Gasteiger partial charge in [-0.05, 0) is 31.0 Å². The van der Waals surface area contributed by atoms with Crippen molar-refractivity contribution in [3.05, 3.63) is 52.5 Å². The van der Waals surface area contributed by atoms with Gasteiger partial charge in [0.1, 0.15) is 5.82 Å². The molecule has 0 spiro atoms. The standard InChI is InChI=1S/C18H21N5O2/c1-2-16-19-7-9-23(16)13-4-3-8-22(11-13)17(24)12-5-6-14-15(10-12)21-18(25)20-14/h5-7,9-10,13H,2-4,8,11H2,1H3,(H2,20,21,25)/t13-/m1/s1. The second-order valence-electron chi connectivity index (χ2n) is 6.49. The van der Waals surface area contributed by atoms with Crippen LogP contribution in [0.5, 0.6) is 0 Å². The highest BCUT2D eigenvalue weighted by atomic mass is 16.2. The monoisotopic (exact) mass is 339 g/mol. The number of H-pyrrole nitrogens is 2. The summed E-state index contributed by atoms with van der Waals surface area (Å²) < 4.78 is 2.20. The first-order chi connectivity index (χ1) is 12.2. The van der Waals surface area contributed by atoms with Gasteiger partial charge in [0, 0.05) is 37.5 Å². The van der Waals surface area contributed by atoms with Crippen LogP contribution in [-0.4, -0.2) is 43.4 Å². The van der Waals surface area contributed by atoms with Gasteiger partial charge in [-0.1, -0.05) is 6.92 Å². The lowest BCUT2D eigenvalue weighted by atomic mass is 10.0. The van der Waals surface area contributed by atoms with Crippen LogP contribution in [0.1, 0.15) is 42.0 Å². The van der Waals surface area contributed by atoms with Crippen LogP contribution in [0.2, 0.25) is 0 Å². The van der Waals surface area contributed by atoms with Gasteiger partial charge in [-0.25, -0.2) is 9.78 Å². The number of nitrogens with zero attached hydrogens (tertiary/aromatic N) is 3. The van der Waals surface area contributed by atoms with Crippen LogP contribution >= 0.6 is 0 Å². The first-order valence-corrected chi connectivity index (χ1v) is 8.68. The Kier molecular flexibility index (Phi) is 3.91. The van der Waals surface area contributed by atoms with Gasteiger partial charge in [0.25, 0.3) is 5.91 Å². The van der Waals surface area contributed by atoms with Gasteiger partial charge in [0.2, 0.25) is 0 Å². The fourth-order valence-electron chi connectivity index (χ4n) is 3.66. The quantitative estimate of drug-likeness (QED) is 0.766. The number of aryl methyl sites for hydroxylation is 1. The van der Waals surface area contributed by atoms with E-state index in [2.05, 4.69) is 26.4 Å². The number of amides is 1. The number of aromatic amines is 2. The molecule has 2 N–H and O–H groups in total. The van der Waals surface area contributed by atoms with E-state index in [0.29, 0.717) is 23.1 Å². The topological polar surface area (TPSA) is 86.8 Å². The molecule has 3 heterocycles. The number of carbonyl (C=O) groups is 1. The number of hydrogen-bond donors (Lipinski definition) is 2. The van der Waals surface area contributed by atoms with Crippen molar-refractivity contribution >= 4 is 16.9 Å². The molecule has 130 valence electrons. The molecule has 3 aromatic rings. The Morgan fingerprint density at radius 1 is 1.32 bits per heavy atom. The molecule has 25 heavy (non-hydrogen) atoms. The molecule has 0 unspecified atom stereocenters. The van der Waals surface area contributed by atoms with E-state index in [-0.39, 0.29) is 17.6 Å². The molecule has 1 aromatic carbocycles. The van der Waals surface area contributed by atoms with E-state index in [0.717, 1.165) is 31.6 Å². The van der Waals surface area contributed by atoms with Crippen LogP contribution in [0.3, 0.4) is 0 Å². The lowest BCUT2D eigenvalue weighted by molar-refractivity contribution is 0.0678. The van der Waals surface area contributed by atoms with Gasteiger partial charge in [-0.3, -0.25) is 4.79 Å². The molecule has 1 fully saturated rings. The van der Waals surface area contributed by atoms with Gasteiger partial charge in [0.15, 0.2) is 0 Å². The first kappa shape index (κ1) is 15.7. The predicted octanol–water partition coefficient (Wildman–Crippen LogP) is 2.09. The maximum Gasteiger partial charge on any atom is 0.323 e. The largest absolute Gasteiger partial charge is 0.337 e. The Balaban J connectivity index is 1.57. The third-order valence-electron chi connectivity index (χ3n) is 4.91. The average molecular weight is 339 g/mol. The maximum atomic E-state index is 12.9. The highest BCUT2D eigenvalue weighted by Gasteiger charge is 2.26. The van der Waals surface area contributed by atoms with Crippen molar-refractivity contribution < 1.29 is 4.79 Å². The van der Waals surface area contributed by atoms with Crippen molar-refractivity contribution in [2.24, 2.45) is 0 Å². The maximum absolute atomic E-state index is 12.9. The van der Waals surface area contributed by atoms with Crippen molar-refractivity contribution in [3.8, 4) is 0 Å². The smallest absolute Gasteiger partial charge is 0.323 e. The van der Waals surface area contributed by atoms with Crippen LogP contribution in [0.15, 0.2) is 35.4 Å². The Morgan fingerprint density at radius 2 is 2.16 bits per heavy atom. The number of imidazole rings is 2. The number of carbonyl (C=O) groups excluding carboxylic acids is 1. The van der Waals surface area contributed by atoms with Gasteiger partial charge in [-0.2, -0.15) is 0 Å². The SMILES string of the molecule is CCc1nccn1[C@@H]1CCCN(C(=O)c2ccc3[nH]c(=O)[nH]c3c2)C1. The number of fused-ring (bicyclic) bond motifs is 1. The van der Waals surface area contributed by atoms with E-state index in [1.807, 2.05) is 17.3 Å². The van der Waals surface area contributed by atoms with E-state index < -0.39 is 0 Å². The molecular formula is C18H21N5O2. The van der Waals surface area contributed by atoms with E-state index in [9.17, 15) is 9.59 Å². The van der Waals surface area contributed by atoms with E-state index in [1.165, 1.54) is 0 Å².